The van der Waals surface area contributed by atoms with Crippen molar-refractivity contribution < 1.29 is 4.39 Å². The second-order valence-corrected chi connectivity index (χ2v) is 3.98. The smallest absolute Gasteiger partial charge is 0.0998 e. The maximum atomic E-state index is 12.4. The quantitative estimate of drug-likeness (QED) is 0.741. The van der Waals surface area contributed by atoms with Crippen molar-refractivity contribution >= 4 is 28.7 Å². The summed E-state index contributed by atoms with van der Waals surface area (Å²) in [5.41, 5.74) is 1.99. The van der Waals surface area contributed by atoms with Crippen LogP contribution in [0, 0.1) is 9.49 Å². The van der Waals surface area contributed by atoms with Crippen molar-refractivity contribution in [2.45, 2.75) is 6.92 Å². The van der Waals surface area contributed by atoms with E-state index in [0.29, 0.717) is 0 Å². The van der Waals surface area contributed by atoms with Crippen LogP contribution in [0.5, 0.6) is 0 Å². The summed E-state index contributed by atoms with van der Waals surface area (Å²) in [6, 6.07) is 5.85. The number of rotatable bonds is 3. The van der Waals surface area contributed by atoms with Crippen molar-refractivity contribution in [2.24, 2.45) is 0 Å². The van der Waals surface area contributed by atoms with E-state index in [9.17, 15) is 4.39 Å². The molecule has 0 saturated carbocycles. The first-order valence-corrected chi connectivity index (χ1v) is 5.08. The summed E-state index contributed by atoms with van der Waals surface area (Å²) < 4.78 is 13.6. The molecule has 0 unspecified atom stereocenters. The van der Waals surface area contributed by atoms with Gasteiger partial charge in [0.25, 0.3) is 0 Å². The minimum atomic E-state index is -0.402. The summed E-state index contributed by atoms with van der Waals surface area (Å²) >= 11 is 2.23. The Labute approximate surface area is 92.0 Å². The SMILES string of the molecule is C=Cc1c(I)cccc1[C](C)CF. The summed E-state index contributed by atoms with van der Waals surface area (Å²) in [5.74, 6) is 0.758. The predicted molar refractivity (Wildman–Crippen MR) is 63.2 cm³/mol. The van der Waals surface area contributed by atoms with Gasteiger partial charge in [0.1, 0.15) is 0 Å². The maximum absolute atomic E-state index is 12.4. The molecule has 0 nitrogen and oxygen atoms in total. The van der Waals surface area contributed by atoms with Crippen LogP contribution in [0.4, 0.5) is 4.39 Å². The lowest BCUT2D eigenvalue weighted by Gasteiger charge is -2.11. The minimum Gasteiger partial charge on any atom is -0.250 e. The van der Waals surface area contributed by atoms with E-state index in [2.05, 4.69) is 29.2 Å². The highest BCUT2D eigenvalue weighted by Crippen LogP contribution is 2.24. The third-order valence-corrected chi connectivity index (χ3v) is 2.86. The summed E-state index contributed by atoms with van der Waals surface area (Å²) in [5, 5.41) is 0. The van der Waals surface area contributed by atoms with E-state index in [1.165, 1.54) is 0 Å². The molecule has 1 rings (SSSR count). The van der Waals surface area contributed by atoms with Crippen molar-refractivity contribution in [3.8, 4) is 0 Å². The van der Waals surface area contributed by atoms with Crippen molar-refractivity contribution in [1.82, 2.24) is 0 Å². The molecule has 0 amide bonds. The lowest BCUT2D eigenvalue weighted by atomic mass is 9.97. The number of alkyl halides is 1. The molecule has 0 bridgehead atoms. The minimum absolute atomic E-state index is 0.402. The van der Waals surface area contributed by atoms with Gasteiger partial charge in [0.05, 0.1) is 6.67 Å². The summed E-state index contributed by atoms with van der Waals surface area (Å²) in [6.07, 6.45) is 1.77. The Morgan fingerprint density at radius 3 is 2.85 bits per heavy atom. The molecular formula is C11H11FI. The Bertz CT molecular complexity index is 307. The van der Waals surface area contributed by atoms with E-state index >= 15 is 0 Å². The van der Waals surface area contributed by atoms with Crippen LogP contribution in [0.15, 0.2) is 24.8 Å². The molecule has 69 valence electrons. The zero-order chi connectivity index (χ0) is 9.84. The largest absolute Gasteiger partial charge is 0.250 e. The molecule has 0 atom stereocenters. The van der Waals surface area contributed by atoms with Gasteiger partial charge in [-0.25, -0.2) is 0 Å². The Morgan fingerprint density at radius 1 is 1.62 bits per heavy atom. The van der Waals surface area contributed by atoms with Gasteiger partial charge in [0.15, 0.2) is 0 Å². The van der Waals surface area contributed by atoms with E-state index in [1.54, 1.807) is 13.0 Å². The fourth-order valence-electron chi connectivity index (χ4n) is 1.19. The molecule has 0 fully saturated rings. The van der Waals surface area contributed by atoms with Crippen LogP contribution in [0.3, 0.4) is 0 Å². The van der Waals surface area contributed by atoms with Gasteiger partial charge in [-0.2, -0.15) is 0 Å². The molecule has 2 heteroatoms. The van der Waals surface area contributed by atoms with Crippen LogP contribution in [0.2, 0.25) is 0 Å². The van der Waals surface area contributed by atoms with Crippen LogP contribution < -0.4 is 0 Å². The maximum Gasteiger partial charge on any atom is 0.0998 e. The second kappa shape index (κ2) is 4.74. The van der Waals surface area contributed by atoms with Gasteiger partial charge >= 0.3 is 0 Å². The molecule has 1 aromatic rings. The second-order valence-electron chi connectivity index (χ2n) is 2.82. The normalized spacial score (nSPS) is 10.5. The first kappa shape index (κ1) is 10.7. The third kappa shape index (κ3) is 2.30. The molecule has 1 aromatic carbocycles. The molecule has 0 saturated heterocycles. The molecule has 1 radical (unpaired) electrons. The molecule has 0 aliphatic rings. The summed E-state index contributed by atoms with van der Waals surface area (Å²) in [4.78, 5) is 0. The Balaban J connectivity index is 3.19. The van der Waals surface area contributed by atoms with E-state index < -0.39 is 6.67 Å². The van der Waals surface area contributed by atoms with E-state index in [0.717, 1.165) is 20.6 Å². The fraction of sp³-hybridized carbons (Fsp3) is 0.182. The Kier molecular flexibility index (Phi) is 3.90. The average Bonchev–Trinajstić information content (AvgIpc) is 2.16. The zero-order valence-electron chi connectivity index (χ0n) is 7.48. The molecule has 13 heavy (non-hydrogen) atoms. The summed E-state index contributed by atoms with van der Waals surface area (Å²) in [6.45, 7) is 5.13. The highest BCUT2D eigenvalue weighted by Gasteiger charge is 2.10. The first-order valence-electron chi connectivity index (χ1n) is 4.00. The molecule has 0 N–H and O–H groups in total. The molecule has 0 aliphatic carbocycles. The average molecular weight is 289 g/mol. The molecule has 0 aliphatic heterocycles. The van der Waals surface area contributed by atoms with Crippen molar-refractivity contribution in [1.29, 1.82) is 0 Å². The van der Waals surface area contributed by atoms with Crippen molar-refractivity contribution in [3.05, 3.63) is 45.4 Å². The van der Waals surface area contributed by atoms with Crippen LogP contribution in [-0.2, 0) is 0 Å². The Morgan fingerprint density at radius 2 is 2.31 bits per heavy atom. The summed E-state index contributed by atoms with van der Waals surface area (Å²) in [7, 11) is 0. The van der Waals surface area contributed by atoms with Gasteiger partial charge in [-0.15, -0.1) is 0 Å². The molecule has 0 aromatic heterocycles. The van der Waals surface area contributed by atoms with Gasteiger partial charge in [-0.05, 0) is 39.8 Å². The van der Waals surface area contributed by atoms with Crippen LogP contribution in [0.25, 0.3) is 6.08 Å². The highest BCUT2D eigenvalue weighted by atomic mass is 127. The fourth-order valence-corrected chi connectivity index (χ4v) is 1.91. The molecule has 0 spiro atoms. The topological polar surface area (TPSA) is 0 Å². The number of halogens is 2. The number of hydrogen-bond acceptors (Lipinski definition) is 0. The van der Waals surface area contributed by atoms with Crippen LogP contribution in [0.1, 0.15) is 18.1 Å². The lowest BCUT2D eigenvalue weighted by molar-refractivity contribution is 0.516. The van der Waals surface area contributed by atoms with Crippen molar-refractivity contribution in [3.63, 3.8) is 0 Å². The van der Waals surface area contributed by atoms with E-state index in [1.807, 2.05) is 18.2 Å². The van der Waals surface area contributed by atoms with Crippen LogP contribution >= 0.6 is 22.6 Å². The van der Waals surface area contributed by atoms with Gasteiger partial charge in [0, 0.05) is 9.49 Å². The van der Waals surface area contributed by atoms with Gasteiger partial charge in [-0.1, -0.05) is 31.7 Å². The van der Waals surface area contributed by atoms with Gasteiger partial charge in [0.2, 0.25) is 0 Å². The van der Waals surface area contributed by atoms with Crippen LogP contribution in [-0.4, -0.2) is 6.67 Å². The molecular weight excluding hydrogens is 278 g/mol. The third-order valence-electron chi connectivity index (χ3n) is 1.92. The predicted octanol–water partition coefficient (Wildman–Crippen LogP) is 3.85. The van der Waals surface area contributed by atoms with E-state index in [-0.39, 0.29) is 0 Å². The first-order chi connectivity index (χ1) is 6.20. The highest BCUT2D eigenvalue weighted by molar-refractivity contribution is 14.1. The van der Waals surface area contributed by atoms with Gasteiger partial charge < -0.3 is 0 Å². The number of hydrogen-bond donors (Lipinski definition) is 0. The lowest BCUT2D eigenvalue weighted by Crippen LogP contribution is -2.00. The Hall–Kier alpha value is -0.380. The van der Waals surface area contributed by atoms with Gasteiger partial charge in [-0.3, -0.25) is 4.39 Å². The number of benzene rings is 1. The standard InChI is InChI=1S/C11H11FI/c1-3-9-10(8(2)7-12)5-4-6-11(9)13/h3-6H,1,7H2,2H3. The molecule has 0 heterocycles. The van der Waals surface area contributed by atoms with E-state index in [4.69, 9.17) is 0 Å². The zero-order valence-corrected chi connectivity index (χ0v) is 9.64. The van der Waals surface area contributed by atoms with Crippen molar-refractivity contribution in [2.75, 3.05) is 6.67 Å². The monoisotopic (exact) mass is 289 g/mol.